The van der Waals surface area contributed by atoms with E-state index in [1.165, 1.54) is 20.0 Å². The number of carbonyl (C=O) groups is 1. The predicted octanol–water partition coefficient (Wildman–Crippen LogP) is 3.44. The summed E-state index contributed by atoms with van der Waals surface area (Å²) < 4.78 is 4.69. The largest absolute Gasteiger partial charge is 0.465 e. The van der Waals surface area contributed by atoms with Gasteiger partial charge in [0.05, 0.1) is 24.0 Å². The zero-order valence-corrected chi connectivity index (χ0v) is 12.5. The molecule has 0 aliphatic heterocycles. The molecule has 0 spiro atoms. The van der Waals surface area contributed by atoms with Gasteiger partial charge in [0, 0.05) is 6.04 Å². The van der Waals surface area contributed by atoms with Crippen molar-refractivity contribution in [1.29, 1.82) is 0 Å². The second-order valence-corrected chi connectivity index (χ2v) is 6.38. The zero-order valence-electron chi connectivity index (χ0n) is 12.5. The standard InChI is InChI=1S/C16H24N2O2/c1-16(2)8-6-12(7-9-16)18-14-5-4-11(10-13(14)17)15(19)20-3/h4-5,10,12,18H,6-9,17H2,1-3H3. The van der Waals surface area contributed by atoms with Gasteiger partial charge in [-0.25, -0.2) is 4.79 Å². The molecule has 0 saturated heterocycles. The fourth-order valence-corrected chi connectivity index (χ4v) is 2.70. The van der Waals surface area contributed by atoms with Crippen molar-refractivity contribution in [1.82, 2.24) is 0 Å². The summed E-state index contributed by atoms with van der Waals surface area (Å²) in [5.41, 5.74) is 8.46. The predicted molar refractivity (Wildman–Crippen MR) is 81.9 cm³/mol. The van der Waals surface area contributed by atoms with Crippen LogP contribution < -0.4 is 11.1 Å². The van der Waals surface area contributed by atoms with Crippen molar-refractivity contribution in [3.8, 4) is 0 Å². The summed E-state index contributed by atoms with van der Waals surface area (Å²) in [5.74, 6) is -0.359. The molecule has 110 valence electrons. The number of esters is 1. The summed E-state index contributed by atoms with van der Waals surface area (Å²) in [6, 6.07) is 5.74. The summed E-state index contributed by atoms with van der Waals surface area (Å²) in [6.07, 6.45) is 4.77. The molecule has 1 aromatic carbocycles. The normalized spacial score (nSPS) is 18.6. The van der Waals surface area contributed by atoms with E-state index in [1.54, 1.807) is 12.1 Å². The first-order valence-electron chi connectivity index (χ1n) is 7.16. The lowest BCUT2D eigenvalue weighted by atomic mass is 9.75. The van der Waals surface area contributed by atoms with Crippen LogP contribution in [0.15, 0.2) is 18.2 Å². The number of hydrogen-bond acceptors (Lipinski definition) is 4. The number of carbonyl (C=O) groups excluding carboxylic acids is 1. The molecule has 20 heavy (non-hydrogen) atoms. The highest BCUT2D eigenvalue weighted by molar-refractivity contribution is 5.91. The molecular formula is C16H24N2O2. The Hall–Kier alpha value is -1.71. The van der Waals surface area contributed by atoms with Crippen molar-refractivity contribution >= 4 is 17.3 Å². The molecule has 4 heteroatoms. The molecular weight excluding hydrogens is 252 g/mol. The summed E-state index contributed by atoms with van der Waals surface area (Å²) in [5, 5.41) is 3.49. The van der Waals surface area contributed by atoms with Gasteiger partial charge in [-0.3, -0.25) is 0 Å². The van der Waals surface area contributed by atoms with Gasteiger partial charge in [-0.1, -0.05) is 13.8 Å². The number of nitrogens with two attached hydrogens (primary N) is 1. The molecule has 4 nitrogen and oxygen atoms in total. The molecule has 0 amide bonds. The van der Waals surface area contributed by atoms with Crippen molar-refractivity contribution in [2.24, 2.45) is 5.41 Å². The van der Waals surface area contributed by atoms with E-state index in [0.717, 1.165) is 18.5 Å². The first kappa shape index (κ1) is 14.7. The summed E-state index contributed by atoms with van der Waals surface area (Å²) in [4.78, 5) is 11.4. The van der Waals surface area contributed by atoms with E-state index in [4.69, 9.17) is 5.73 Å². The highest BCUT2D eigenvalue weighted by Gasteiger charge is 2.26. The Balaban J connectivity index is 2.02. The Morgan fingerprint density at radius 1 is 1.35 bits per heavy atom. The third-order valence-corrected chi connectivity index (χ3v) is 4.17. The van der Waals surface area contributed by atoms with Crippen LogP contribution in [0.4, 0.5) is 11.4 Å². The van der Waals surface area contributed by atoms with Crippen LogP contribution in [-0.2, 0) is 4.74 Å². The lowest BCUT2D eigenvalue weighted by molar-refractivity contribution is 0.0601. The fourth-order valence-electron chi connectivity index (χ4n) is 2.70. The number of anilines is 2. The minimum absolute atomic E-state index is 0.359. The second-order valence-electron chi connectivity index (χ2n) is 6.38. The van der Waals surface area contributed by atoms with E-state index in [0.29, 0.717) is 22.7 Å². The Morgan fingerprint density at radius 3 is 2.55 bits per heavy atom. The van der Waals surface area contributed by atoms with Crippen LogP contribution in [0.25, 0.3) is 0 Å². The summed E-state index contributed by atoms with van der Waals surface area (Å²) >= 11 is 0. The first-order valence-corrected chi connectivity index (χ1v) is 7.16. The number of nitrogens with one attached hydrogen (secondary N) is 1. The summed E-state index contributed by atoms with van der Waals surface area (Å²) in [7, 11) is 1.37. The SMILES string of the molecule is COC(=O)c1ccc(NC2CCC(C)(C)CC2)c(N)c1. The Labute approximate surface area is 120 Å². The van der Waals surface area contributed by atoms with E-state index in [2.05, 4.69) is 23.9 Å². The van der Waals surface area contributed by atoms with Gasteiger partial charge >= 0.3 is 5.97 Å². The Morgan fingerprint density at radius 2 is 2.00 bits per heavy atom. The van der Waals surface area contributed by atoms with Crippen LogP contribution in [0.1, 0.15) is 49.9 Å². The maximum atomic E-state index is 11.4. The molecule has 0 atom stereocenters. The fraction of sp³-hybridized carbons (Fsp3) is 0.562. The van der Waals surface area contributed by atoms with Gasteiger partial charge in [-0.05, 0) is 49.3 Å². The quantitative estimate of drug-likeness (QED) is 0.655. The van der Waals surface area contributed by atoms with Crippen molar-refractivity contribution in [2.45, 2.75) is 45.6 Å². The van der Waals surface area contributed by atoms with Gasteiger partial charge in [-0.2, -0.15) is 0 Å². The zero-order chi connectivity index (χ0) is 14.8. The number of rotatable bonds is 3. The molecule has 0 bridgehead atoms. The molecule has 1 aliphatic rings. The third-order valence-electron chi connectivity index (χ3n) is 4.17. The van der Waals surface area contributed by atoms with Gasteiger partial charge in [0.2, 0.25) is 0 Å². The monoisotopic (exact) mass is 276 g/mol. The molecule has 0 radical (unpaired) electrons. The van der Waals surface area contributed by atoms with Crippen LogP contribution in [-0.4, -0.2) is 19.1 Å². The van der Waals surface area contributed by atoms with E-state index in [1.807, 2.05) is 6.07 Å². The second kappa shape index (κ2) is 5.73. The Bertz CT molecular complexity index is 487. The van der Waals surface area contributed by atoms with Gasteiger partial charge in [0.25, 0.3) is 0 Å². The van der Waals surface area contributed by atoms with Crippen LogP contribution >= 0.6 is 0 Å². The lowest BCUT2D eigenvalue weighted by Gasteiger charge is -2.35. The van der Waals surface area contributed by atoms with Crippen molar-refractivity contribution in [3.05, 3.63) is 23.8 Å². The van der Waals surface area contributed by atoms with Crippen LogP contribution in [0, 0.1) is 5.41 Å². The summed E-state index contributed by atoms with van der Waals surface area (Å²) in [6.45, 7) is 4.64. The molecule has 1 aromatic rings. The number of benzene rings is 1. The highest BCUT2D eigenvalue weighted by Crippen LogP contribution is 2.36. The van der Waals surface area contributed by atoms with E-state index >= 15 is 0 Å². The molecule has 3 N–H and O–H groups in total. The maximum absolute atomic E-state index is 11.4. The van der Waals surface area contributed by atoms with Gasteiger partial charge in [-0.15, -0.1) is 0 Å². The van der Waals surface area contributed by atoms with E-state index in [9.17, 15) is 4.79 Å². The number of nitrogen functional groups attached to an aromatic ring is 1. The van der Waals surface area contributed by atoms with Gasteiger partial charge < -0.3 is 15.8 Å². The molecule has 1 fully saturated rings. The van der Waals surface area contributed by atoms with Crippen LogP contribution in [0.3, 0.4) is 0 Å². The average Bonchev–Trinajstić information content (AvgIpc) is 2.42. The van der Waals surface area contributed by atoms with Gasteiger partial charge in [0.1, 0.15) is 0 Å². The van der Waals surface area contributed by atoms with Crippen LogP contribution in [0.5, 0.6) is 0 Å². The molecule has 2 rings (SSSR count). The Kier molecular flexibility index (Phi) is 4.21. The first-order chi connectivity index (χ1) is 9.41. The lowest BCUT2D eigenvalue weighted by Crippen LogP contribution is -2.30. The van der Waals surface area contributed by atoms with E-state index < -0.39 is 0 Å². The van der Waals surface area contributed by atoms with Crippen LogP contribution in [0.2, 0.25) is 0 Å². The maximum Gasteiger partial charge on any atom is 0.337 e. The third kappa shape index (κ3) is 3.44. The molecule has 1 saturated carbocycles. The topological polar surface area (TPSA) is 64.3 Å². The minimum atomic E-state index is -0.359. The van der Waals surface area contributed by atoms with Gasteiger partial charge in [0.15, 0.2) is 0 Å². The number of methoxy groups -OCH3 is 1. The van der Waals surface area contributed by atoms with E-state index in [-0.39, 0.29) is 5.97 Å². The smallest absolute Gasteiger partial charge is 0.337 e. The number of ether oxygens (including phenoxy) is 1. The van der Waals surface area contributed by atoms with Crippen molar-refractivity contribution < 1.29 is 9.53 Å². The molecule has 0 aromatic heterocycles. The molecule has 1 aliphatic carbocycles. The highest BCUT2D eigenvalue weighted by atomic mass is 16.5. The number of hydrogen-bond donors (Lipinski definition) is 2. The van der Waals surface area contributed by atoms with Crippen molar-refractivity contribution in [3.63, 3.8) is 0 Å². The van der Waals surface area contributed by atoms with Crippen molar-refractivity contribution in [2.75, 3.05) is 18.2 Å². The molecule has 0 heterocycles. The minimum Gasteiger partial charge on any atom is -0.465 e. The average molecular weight is 276 g/mol. The molecule has 0 unspecified atom stereocenters.